The van der Waals surface area contributed by atoms with Crippen LogP contribution in [0.4, 0.5) is 5.82 Å². The summed E-state index contributed by atoms with van der Waals surface area (Å²) < 4.78 is 0. The molecule has 1 saturated heterocycles. The first-order valence-electron chi connectivity index (χ1n) is 7.63. The lowest BCUT2D eigenvalue weighted by Gasteiger charge is -2.33. The lowest BCUT2D eigenvalue weighted by atomic mass is 9.95. The highest BCUT2D eigenvalue weighted by atomic mass is 32.1. The van der Waals surface area contributed by atoms with E-state index in [9.17, 15) is 0 Å². The molecule has 110 valence electrons. The van der Waals surface area contributed by atoms with Crippen LogP contribution in [0.3, 0.4) is 0 Å². The van der Waals surface area contributed by atoms with Crippen LogP contribution in [0.2, 0.25) is 0 Å². The van der Waals surface area contributed by atoms with Crippen molar-refractivity contribution >= 4 is 33.9 Å². The minimum atomic E-state index is 0.443. The van der Waals surface area contributed by atoms with Gasteiger partial charge in [0.05, 0.1) is 5.52 Å². The van der Waals surface area contributed by atoms with Gasteiger partial charge in [-0.05, 0) is 30.9 Å². The molecule has 0 radical (unpaired) electrons. The molecule has 0 saturated carbocycles. The molecule has 1 aromatic heterocycles. The van der Waals surface area contributed by atoms with Gasteiger partial charge in [-0.15, -0.1) is 0 Å². The minimum absolute atomic E-state index is 0.443. The van der Waals surface area contributed by atoms with Gasteiger partial charge in [0.1, 0.15) is 10.8 Å². The summed E-state index contributed by atoms with van der Waals surface area (Å²) in [5.41, 5.74) is 7.82. The Bertz CT molecular complexity index is 668. The highest BCUT2D eigenvalue weighted by molar-refractivity contribution is 7.80. The van der Waals surface area contributed by atoms with Crippen molar-refractivity contribution in [2.24, 2.45) is 11.7 Å². The summed E-state index contributed by atoms with van der Waals surface area (Å²) >= 11 is 5.23. The maximum absolute atomic E-state index is 5.92. The zero-order valence-electron chi connectivity index (χ0n) is 12.4. The number of piperidine rings is 1. The van der Waals surface area contributed by atoms with Gasteiger partial charge in [0.15, 0.2) is 0 Å². The second kappa shape index (κ2) is 5.98. The van der Waals surface area contributed by atoms with Gasteiger partial charge in [-0.25, -0.2) is 4.98 Å². The third kappa shape index (κ3) is 2.86. The molecular formula is C17H21N3S. The molecule has 3 nitrogen and oxygen atoms in total. The highest BCUT2D eigenvalue weighted by Gasteiger charge is 2.20. The third-order valence-electron chi connectivity index (χ3n) is 4.39. The lowest BCUT2D eigenvalue weighted by Crippen LogP contribution is -2.35. The van der Waals surface area contributed by atoms with E-state index in [2.05, 4.69) is 17.9 Å². The first kappa shape index (κ1) is 14.3. The zero-order chi connectivity index (χ0) is 14.8. The lowest BCUT2D eigenvalue weighted by molar-refractivity contribution is 0.403. The predicted molar refractivity (Wildman–Crippen MR) is 92.9 cm³/mol. The second-order valence-electron chi connectivity index (χ2n) is 5.77. The molecule has 0 bridgehead atoms. The van der Waals surface area contributed by atoms with Crippen molar-refractivity contribution in [3.8, 4) is 0 Å². The molecule has 2 N–H and O–H groups in total. The quantitative estimate of drug-likeness (QED) is 0.881. The number of hydrogen-bond acceptors (Lipinski definition) is 3. The largest absolute Gasteiger partial charge is 0.389 e. The molecule has 2 heterocycles. The molecule has 0 aliphatic carbocycles. The van der Waals surface area contributed by atoms with Gasteiger partial charge >= 0.3 is 0 Å². The number of para-hydroxylation sites is 1. The van der Waals surface area contributed by atoms with Gasteiger partial charge in [-0.2, -0.15) is 0 Å². The van der Waals surface area contributed by atoms with E-state index in [-0.39, 0.29) is 0 Å². The van der Waals surface area contributed by atoms with Gasteiger partial charge in [0.2, 0.25) is 0 Å². The van der Waals surface area contributed by atoms with Gasteiger partial charge in [-0.3, -0.25) is 0 Å². The normalized spacial score (nSPS) is 18.9. The van der Waals surface area contributed by atoms with Crippen LogP contribution in [0.1, 0.15) is 31.7 Å². The van der Waals surface area contributed by atoms with Crippen LogP contribution in [0.15, 0.2) is 30.3 Å². The Balaban J connectivity index is 2.04. The molecule has 1 aliphatic heterocycles. The number of benzene rings is 1. The molecule has 0 amide bonds. The Morgan fingerprint density at radius 2 is 2.24 bits per heavy atom. The van der Waals surface area contributed by atoms with E-state index in [4.69, 9.17) is 22.9 Å². The highest BCUT2D eigenvalue weighted by Crippen LogP contribution is 2.27. The molecule has 3 rings (SSSR count). The number of pyridine rings is 1. The van der Waals surface area contributed by atoms with Crippen LogP contribution >= 0.6 is 12.2 Å². The topological polar surface area (TPSA) is 42.1 Å². The standard InChI is InChI=1S/C17H21N3S/c1-2-12-6-5-9-20(11-12)16-10-14(17(18)21)13-7-3-4-8-15(13)19-16/h3-4,7-8,10,12H,2,5-6,9,11H2,1H3,(H2,18,21). The average Bonchev–Trinajstić information content (AvgIpc) is 2.53. The van der Waals surface area contributed by atoms with Crippen molar-refractivity contribution in [2.75, 3.05) is 18.0 Å². The number of aromatic nitrogens is 1. The van der Waals surface area contributed by atoms with Gasteiger partial charge in [0, 0.05) is 24.0 Å². The van der Waals surface area contributed by atoms with Crippen LogP contribution in [0, 0.1) is 5.92 Å². The maximum atomic E-state index is 5.92. The molecule has 4 heteroatoms. The van der Waals surface area contributed by atoms with E-state index in [1.54, 1.807) is 0 Å². The fourth-order valence-electron chi connectivity index (χ4n) is 3.13. The predicted octanol–water partition coefficient (Wildman–Crippen LogP) is 3.50. The average molecular weight is 299 g/mol. The molecule has 1 aromatic carbocycles. The van der Waals surface area contributed by atoms with Crippen molar-refractivity contribution in [3.63, 3.8) is 0 Å². The smallest absolute Gasteiger partial charge is 0.129 e. The molecule has 1 aliphatic rings. The molecule has 1 fully saturated rings. The Morgan fingerprint density at radius 1 is 1.43 bits per heavy atom. The fourth-order valence-corrected chi connectivity index (χ4v) is 3.30. The molecule has 2 aromatic rings. The molecule has 1 atom stereocenters. The second-order valence-corrected chi connectivity index (χ2v) is 6.21. The molecule has 1 unspecified atom stereocenters. The first-order chi connectivity index (χ1) is 10.2. The van der Waals surface area contributed by atoms with E-state index in [0.717, 1.165) is 41.3 Å². The fraction of sp³-hybridized carbons (Fsp3) is 0.412. The number of thiocarbonyl (C=S) groups is 1. The van der Waals surface area contributed by atoms with E-state index >= 15 is 0 Å². The minimum Gasteiger partial charge on any atom is -0.389 e. The number of nitrogens with two attached hydrogens (primary N) is 1. The van der Waals surface area contributed by atoms with Crippen molar-refractivity contribution < 1.29 is 0 Å². The summed E-state index contributed by atoms with van der Waals surface area (Å²) in [6.07, 6.45) is 3.78. The Kier molecular flexibility index (Phi) is 4.06. The number of hydrogen-bond donors (Lipinski definition) is 1. The summed E-state index contributed by atoms with van der Waals surface area (Å²) in [5, 5.41) is 1.04. The van der Waals surface area contributed by atoms with E-state index < -0.39 is 0 Å². The summed E-state index contributed by atoms with van der Waals surface area (Å²) in [5.74, 6) is 1.77. The van der Waals surface area contributed by atoms with Gasteiger partial charge in [0.25, 0.3) is 0 Å². The third-order valence-corrected chi connectivity index (χ3v) is 4.61. The SMILES string of the molecule is CCC1CCCN(c2cc(C(N)=S)c3ccccc3n2)C1. The summed E-state index contributed by atoms with van der Waals surface area (Å²) in [4.78, 5) is 7.65. The van der Waals surface area contributed by atoms with Crippen molar-refractivity contribution in [1.82, 2.24) is 4.98 Å². The Hall–Kier alpha value is -1.68. The van der Waals surface area contributed by atoms with E-state index in [1.807, 2.05) is 24.3 Å². The van der Waals surface area contributed by atoms with Crippen LogP contribution in [0.25, 0.3) is 10.9 Å². The van der Waals surface area contributed by atoms with E-state index in [1.165, 1.54) is 19.3 Å². The van der Waals surface area contributed by atoms with Gasteiger partial charge < -0.3 is 10.6 Å². The van der Waals surface area contributed by atoms with Gasteiger partial charge in [-0.1, -0.05) is 43.8 Å². The zero-order valence-corrected chi connectivity index (χ0v) is 13.2. The molecule has 0 spiro atoms. The Labute approximate surface area is 131 Å². The number of rotatable bonds is 3. The van der Waals surface area contributed by atoms with Crippen molar-refractivity contribution in [3.05, 3.63) is 35.9 Å². The Morgan fingerprint density at radius 3 is 3.00 bits per heavy atom. The molecule has 21 heavy (non-hydrogen) atoms. The summed E-state index contributed by atoms with van der Waals surface area (Å²) in [6, 6.07) is 10.1. The molecular weight excluding hydrogens is 278 g/mol. The van der Waals surface area contributed by atoms with E-state index in [0.29, 0.717) is 4.99 Å². The van der Waals surface area contributed by atoms with Crippen molar-refractivity contribution in [1.29, 1.82) is 0 Å². The van der Waals surface area contributed by atoms with Crippen LogP contribution < -0.4 is 10.6 Å². The number of nitrogens with zero attached hydrogens (tertiary/aromatic N) is 2. The summed E-state index contributed by atoms with van der Waals surface area (Å²) in [6.45, 7) is 4.42. The maximum Gasteiger partial charge on any atom is 0.129 e. The summed E-state index contributed by atoms with van der Waals surface area (Å²) in [7, 11) is 0. The van der Waals surface area contributed by atoms with Crippen LogP contribution in [0.5, 0.6) is 0 Å². The van der Waals surface area contributed by atoms with Crippen LogP contribution in [-0.2, 0) is 0 Å². The number of fused-ring (bicyclic) bond motifs is 1. The van der Waals surface area contributed by atoms with Crippen molar-refractivity contribution in [2.45, 2.75) is 26.2 Å². The first-order valence-corrected chi connectivity index (χ1v) is 8.04. The monoisotopic (exact) mass is 299 g/mol. The number of anilines is 1. The van der Waals surface area contributed by atoms with Crippen LogP contribution in [-0.4, -0.2) is 23.1 Å².